The maximum atomic E-state index is 12.7. The number of H-pyrrole nitrogens is 2. The van der Waals surface area contributed by atoms with Crippen molar-refractivity contribution in [3.63, 3.8) is 0 Å². The van der Waals surface area contributed by atoms with E-state index in [0.29, 0.717) is 40.0 Å². The minimum absolute atomic E-state index is 0.0742. The fourth-order valence-corrected chi connectivity index (χ4v) is 6.35. The molecule has 45 heavy (non-hydrogen) atoms. The summed E-state index contributed by atoms with van der Waals surface area (Å²) in [5, 5.41) is 30.5. The fraction of sp³-hybridized carbons (Fsp3) is 0.314. The molecule has 2 aromatic heterocycles. The Kier molecular flexibility index (Phi) is 9.37. The number of rotatable bonds is 8. The molecule has 0 aliphatic carbocycles. The van der Waals surface area contributed by atoms with Crippen molar-refractivity contribution in [3.05, 3.63) is 85.6 Å². The zero-order valence-electron chi connectivity index (χ0n) is 26.3. The van der Waals surface area contributed by atoms with Crippen LogP contribution < -0.4 is 16.4 Å². The molecule has 0 unspecified atom stereocenters. The van der Waals surface area contributed by atoms with E-state index in [1.54, 1.807) is 19.1 Å². The van der Waals surface area contributed by atoms with Crippen molar-refractivity contribution in [2.45, 2.75) is 60.3 Å². The Bertz CT molecular complexity index is 1890. The zero-order chi connectivity index (χ0) is 33.3. The molecular weight excluding hydrogens is 572 g/mol. The lowest BCUT2D eigenvalue weighted by molar-refractivity contribution is -0.137. The van der Waals surface area contributed by atoms with Crippen molar-refractivity contribution in [3.8, 4) is 0 Å². The van der Waals surface area contributed by atoms with Gasteiger partial charge in [-0.2, -0.15) is 0 Å². The normalized spacial score (nSPS) is 24.4. The molecule has 10 nitrogen and oxygen atoms in total. The quantitative estimate of drug-likeness (QED) is 0.245. The van der Waals surface area contributed by atoms with Gasteiger partial charge < -0.3 is 31.0 Å². The van der Waals surface area contributed by atoms with Crippen LogP contribution in [0.3, 0.4) is 0 Å². The van der Waals surface area contributed by atoms with Crippen LogP contribution in [0.2, 0.25) is 0 Å². The Morgan fingerprint density at radius 3 is 2.27 bits per heavy atom. The highest BCUT2D eigenvalue weighted by Gasteiger charge is 2.36. The Labute approximate surface area is 261 Å². The van der Waals surface area contributed by atoms with E-state index >= 15 is 0 Å². The van der Waals surface area contributed by atoms with Gasteiger partial charge in [-0.05, 0) is 79.7 Å². The summed E-state index contributed by atoms with van der Waals surface area (Å²) in [6, 6.07) is 0. The number of allylic oxidation sites excluding steroid dienone is 4. The lowest BCUT2D eigenvalue weighted by atomic mass is 9.82. The van der Waals surface area contributed by atoms with Gasteiger partial charge in [-0.1, -0.05) is 33.1 Å². The number of aromatic carboxylic acids is 1. The van der Waals surface area contributed by atoms with E-state index in [-0.39, 0.29) is 35.2 Å². The summed E-state index contributed by atoms with van der Waals surface area (Å²) in [6.07, 6.45) is 7.31. The predicted molar refractivity (Wildman–Crippen MR) is 177 cm³/mol. The van der Waals surface area contributed by atoms with Gasteiger partial charge in [-0.3, -0.25) is 14.6 Å². The molecule has 0 radical (unpaired) electrons. The summed E-state index contributed by atoms with van der Waals surface area (Å²) in [4.78, 5) is 48.1. The molecule has 4 rings (SSSR count). The number of carbonyl (C=O) groups is 3. The molecule has 0 spiro atoms. The average molecular weight is 613 g/mol. The first-order valence-electron chi connectivity index (χ1n) is 14.8. The van der Waals surface area contributed by atoms with Crippen molar-refractivity contribution < 1.29 is 29.7 Å². The second-order valence-corrected chi connectivity index (χ2v) is 11.6. The van der Waals surface area contributed by atoms with E-state index in [1.807, 2.05) is 39.8 Å². The highest BCUT2D eigenvalue weighted by molar-refractivity contribution is 6.24. The monoisotopic (exact) mass is 612 g/mol. The van der Waals surface area contributed by atoms with Gasteiger partial charge in [0.2, 0.25) is 0 Å². The number of aromatic amines is 2. The number of nitrogens with one attached hydrogen (secondary N) is 2. The Morgan fingerprint density at radius 1 is 1.00 bits per heavy atom. The van der Waals surface area contributed by atoms with E-state index in [4.69, 9.17) is 10.7 Å². The van der Waals surface area contributed by atoms with Crippen molar-refractivity contribution in [2.24, 2.45) is 22.6 Å². The molecule has 0 saturated heterocycles. The summed E-state index contributed by atoms with van der Waals surface area (Å²) in [6.45, 7) is 17.7. The third-order valence-corrected chi connectivity index (χ3v) is 8.89. The highest BCUT2D eigenvalue weighted by Crippen LogP contribution is 2.39. The van der Waals surface area contributed by atoms with Gasteiger partial charge in [0, 0.05) is 57.5 Å². The average Bonchev–Trinajstić information content (AvgIpc) is 3.56. The van der Waals surface area contributed by atoms with Gasteiger partial charge in [0.15, 0.2) is 0 Å². The molecule has 0 saturated carbocycles. The first kappa shape index (κ1) is 32.8. The Morgan fingerprint density at radius 2 is 1.69 bits per heavy atom. The van der Waals surface area contributed by atoms with Crippen LogP contribution in [0.5, 0.6) is 0 Å². The molecule has 7 N–H and O–H groups in total. The first-order chi connectivity index (χ1) is 21.2. The molecule has 2 atom stereocenters. The van der Waals surface area contributed by atoms with E-state index in [9.17, 15) is 29.7 Å². The van der Waals surface area contributed by atoms with E-state index < -0.39 is 30.2 Å². The smallest absolute Gasteiger partial charge is 0.338 e. The van der Waals surface area contributed by atoms with Gasteiger partial charge in [0.1, 0.15) is 0 Å². The molecule has 2 aliphatic rings. The number of aliphatic carboxylic acids is 2. The lowest BCUT2D eigenvalue weighted by Crippen LogP contribution is -2.28. The second kappa shape index (κ2) is 12.9. The van der Waals surface area contributed by atoms with E-state index in [1.165, 1.54) is 0 Å². The number of nitrogens with zero attached hydrogens (tertiary/aromatic N) is 1. The molecule has 4 heterocycles. The maximum absolute atomic E-state index is 12.7. The van der Waals surface area contributed by atoms with Gasteiger partial charge in [0.05, 0.1) is 23.0 Å². The summed E-state index contributed by atoms with van der Waals surface area (Å²) >= 11 is 0. The second-order valence-electron chi connectivity index (χ2n) is 11.6. The number of hydrogen-bond donors (Lipinski definition) is 6. The number of carboxylic acid groups (broad SMARTS) is 3. The van der Waals surface area contributed by atoms with Gasteiger partial charge in [0.25, 0.3) is 0 Å². The van der Waals surface area contributed by atoms with Crippen molar-refractivity contribution in [2.75, 3.05) is 0 Å². The molecule has 0 amide bonds. The molecule has 2 aromatic rings. The van der Waals surface area contributed by atoms with Crippen LogP contribution in [0, 0.1) is 25.7 Å². The van der Waals surface area contributed by atoms with Crippen LogP contribution in [0.25, 0.3) is 29.9 Å². The largest absolute Gasteiger partial charge is 0.481 e. The van der Waals surface area contributed by atoms with Gasteiger partial charge >= 0.3 is 17.9 Å². The van der Waals surface area contributed by atoms with Crippen LogP contribution in [-0.2, 0) is 9.59 Å². The Hall–Kier alpha value is -5.12. The number of aromatic nitrogens is 2. The Balaban J connectivity index is 2.22. The number of fused-ring (bicyclic) bond motifs is 5. The fourth-order valence-electron chi connectivity index (χ4n) is 6.35. The van der Waals surface area contributed by atoms with E-state index in [2.05, 4.69) is 23.1 Å². The molecule has 2 aliphatic heterocycles. The lowest BCUT2D eigenvalue weighted by Gasteiger charge is -2.19. The van der Waals surface area contributed by atoms with Crippen LogP contribution in [0.4, 0.5) is 0 Å². The minimum atomic E-state index is -1.23. The van der Waals surface area contributed by atoms with Crippen LogP contribution >= 0.6 is 0 Å². The first-order valence-corrected chi connectivity index (χ1v) is 14.8. The number of hydrogen-bond acceptors (Lipinski definition) is 5. The molecule has 0 aromatic carbocycles. The minimum Gasteiger partial charge on any atom is -0.481 e. The zero-order valence-corrected chi connectivity index (χ0v) is 26.3. The van der Waals surface area contributed by atoms with Gasteiger partial charge in [-0.15, -0.1) is 0 Å². The molecule has 0 fully saturated rings. The highest BCUT2D eigenvalue weighted by atomic mass is 16.4. The van der Waals surface area contributed by atoms with Crippen molar-refractivity contribution >= 4 is 53.5 Å². The van der Waals surface area contributed by atoms with Crippen LogP contribution in [0.1, 0.15) is 84.9 Å². The molecule has 6 bridgehead atoms. The van der Waals surface area contributed by atoms with Crippen molar-refractivity contribution in [1.29, 1.82) is 0 Å². The molecular formula is C35H40N4O6. The predicted octanol–water partition coefficient (Wildman–Crippen LogP) is 4.92. The SMILES string of the molecule is C=Cc1c2[nH]c(c1C)/C=C1N=C(/C(CC(=O)O)=c3\[nH]/c(c(C)c3C(=O)O)=C\C(=C)/C(CC)=C(C)\C(N)=C\2)[C@@H](CCC(=O)O)[C@@H]\1C. The number of nitrogens with two attached hydrogens (primary N) is 1. The van der Waals surface area contributed by atoms with Gasteiger partial charge in [-0.25, -0.2) is 4.79 Å². The third-order valence-electron chi connectivity index (χ3n) is 8.89. The van der Waals surface area contributed by atoms with Crippen LogP contribution in [0.15, 0.2) is 46.3 Å². The summed E-state index contributed by atoms with van der Waals surface area (Å²) in [7, 11) is 0. The summed E-state index contributed by atoms with van der Waals surface area (Å²) in [5.41, 5.74) is 14.2. The summed E-state index contributed by atoms with van der Waals surface area (Å²) in [5.74, 6) is -4.17. The topological polar surface area (TPSA) is 182 Å². The standard InChI is InChI=1S/C35H40N4O6/c1-8-21-16(3)12-26-20(7)32(35(44)45)34(39-26)24(13-31(42)43)33-23(10-11-30(40)41)19(6)28(38-33)15-27-18(5)22(9-2)29(37-27)14-25(36)17(21)4/h9,12,14-15,19,23,37,39H,2-3,8,10-11,13,36H2,1,4-7H3,(H,40,41)(H,42,43)(H,44,45)/b21-17-,25-14-,26-12-,28-15-,34-24-/t19-,23-/m0/s1. The summed E-state index contributed by atoms with van der Waals surface area (Å²) < 4.78 is 0. The van der Waals surface area contributed by atoms with Crippen LogP contribution in [-0.4, -0.2) is 48.9 Å². The number of carboxylic acids is 3. The molecule has 236 valence electrons. The number of aliphatic imine (C=N–C) groups is 1. The van der Waals surface area contributed by atoms with Crippen molar-refractivity contribution in [1.82, 2.24) is 9.97 Å². The third kappa shape index (κ3) is 6.26. The van der Waals surface area contributed by atoms with E-state index in [0.717, 1.165) is 33.7 Å². The maximum Gasteiger partial charge on any atom is 0.338 e. The molecule has 10 heteroatoms.